The van der Waals surface area contributed by atoms with Gasteiger partial charge in [-0.25, -0.2) is 0 Å². The van der Waals surface area contributed by atoms with Gasteiger partial charge in [-0.1, -0.05) is 35.5 Å². The number of nitrogens with two attached hydrogens (primary N) is 1. The predicted octanol–water partition coefficient (Wildman–Crippen LogP) is 1.93. The number of amidine groups is 1. The molecule has 0 saturated carbocycles. The maximum absolute atomic E-state index is 5.68. The van der Waals surface area contributed by atoms with Crippen molar-refractivity contribution in [2.24, 2.45) is 10.9 Å². The Hall–Kier alpha value is -1.51. The monoisotopic (exact) mass is 192 g/mol. The lowest BCUT2D eigenvalue weighted by atomic mass is 10.1. The molecule has 0 atom stereocenters. The van der Waals surface area contributed by atoms with Crippen LogP contribution in [0.15, 0.2) is 35.5 Å². The first kappa shape index (κ1) is 10.6. The highest BCUT2D eigenvalue weighted by Crippen LogP contribution is 1.99. The molecule has 0 saturated heterocycles. The number of hydrogen-bond acceptors (Lipinski definition) is 2. The Morgan fingerprint density at radius 1 is 1.36 bits per heavy atom. The molecule has 0 aliphatic carbocycles. The van der Waals surface area contributed by atoms with Gasteiger partial charge in [0.15, 0.2) is 0 Å². The Morgan fingerprint density at radius 3 is 2.57 bits per heavy atom. The molecule has 1 aromatic rings. The molecule has 3 nitrogen and oxygen atoms in total. The van der Waals surface area contributed by atoms with Gasteiger partial charge in [0, 0.05) is 6.42 Å². The summed E-state index contributed by atoms with van der Waals surface area (Å²) in [6.45, 7) is 3.83. The average molecular weight is 192 g/mol. The Morgan fingerprint density at radius 2 is 2.00 bits per heavy atom. The van der Waals surface area contributed by atoms with Gasteiger partial charge in [0.25, 0.3) is 0 Å². The van der Waals surface area contributed by atoms with Crippen molar-refractivity contribution < 1.29 is 4.84 Å². The number of hydrogen-bond donors (Lipinski definition) is 1. The molecule has 0 aromatic heterocycles. The molecule has 2 N–H and O–H groups in total. The molecule has 0 amide bonds. The van der Waals surface area contributed by atoms with E-state index >= 15 is 0 Å². The Kier molecular flexibility index (Phi) is 3.98. The Balaban J connectivity index is 2.49. The van der Waals surface area contributed by atoms with Crippen molar-refractivity contribution in [3.63, 3.8) is 0 Å². The second-order valence-electron chi connectivity index (χ2n) is 3.40. The van der Waals surface area contributed by atoms with E-state index in [2.05, 4.69) is 5.16 Å². The van der Waals surface area contributed by atoms with Gasteiger partial charge in [-0.2, -0.15) is 0 Å². The van der Waals surface area contributed by atoms with E-state index in [9.17, 15) is 0 Å². The van der Waals surface area contributed by atoms with Crippen molar-refractivity contribution >= 4 is 5.84 Å². The molecular formula is C11H16N2O. The summed E-state index contributed by atoms with van der Waals surface area (Å²) in [7, 11) is 0. The molecule has 0 spiro atoms. The smallest absolute Gasteiger partial charge is 0.143 e. The highest BCUT2D eigenvalue weighted by Gasteiger charge is 1.97. The van der Waals surface area contributed by atoms with E-state index in [1.54, 1.807) is 0 Å². The zero-order valence-corrected chi connectivity index (χ0v) is 8.60. The van der Waals surface area contributed by atoms with E-state index in [1.807, 2.05) is 44.2 Å². The number of benzene rings is 1. The Bertz CT molecular complexity index is 293. The van der Waals surface area contributed by atoms with Crippen LogP contribution >= 0.6 is 0 Å². The second kappa shape index (κ2) is 5.27. The standard InChI is InChI=1S/C11H16N2O/c1-9(2)14-13-11(12)8-10-6-4-3-5-7-10/h3-7,9H,8H2,1-2H3,(H2,12,13). The van der Waals surface area contributed by atoms with E-state index in [1.165, 1.54) is 0 Å². The molecule has 0 radical (unpaired) electrons. The fourth-order valence-corrected chi connectivity index (χ4v) is 1.01. The van der Waals surface area contributed by atoms with E-state index in [4.69, 9.17) is 10.6 Å². The minimum Gasteiger partial charge on any atom is -0.392 e. The molecule has 3 heteroatoms. The summed E-state index contributed by atoms with van der Waals surface area (Å²) in [6, 6.07) is 9.95. The molecule has 76 valence electrons. The quantitative estimate of drug-likeness (QED) is 0.450. The van der Waals surface area contributed by atoms with Crippen molar-refractivity contribution in [2.75, 3.05) is 0 Å². The summed E-state index contributed by atoms with van der Waals surface area (Å²) in [5, 5.41) is 3.81. The van der Waals surface area contributed by atoms with Crippen LogP contribution in [0.4, 0.5) is 0 Å². The molecule has 0 fully saturated rings. The maximum atomic E-state index is 5.68. The van der Waals surface area contributed by atoms with Crippen molar-refractivity contribution in [1.29, 1.82) is 0 Å². The summed E-state index contributed by atoms with van der Waals surface area (Å²) in [6.07, 6.45) is 0.706. The molecule has 0 heterocycles. The third kappa shape index (κ3) is 3.94. The number of rotatable bonds is 4. The normalized spacial score (nSPS) is 11.8. The van der Waals surface area contributed by atoms with Crippen LogP contribution in [-0.4, -0.2) is 11.9 Å². The van der Waals surface area contributed by atoms with Crippen molar-refractivity contribution in [2.45, 2.75) is 26.4 Å². The lowest BCUT2D eigenvalue weighted by molar-refractivity contribution is 0.0852. The van der Waals surface area contributed by atoms with Crippen LogP contribution in [0.2, 0.25) is 0 Å². The zero-order chi connectivity index (χ0) is 10.4. The summed E-state index contributed by atoms with van der Waals surface area (Å²) in [4.78, 5) is 5.04. The molecule has 0 bridgehead atoms. The van der Waals surface area contributed by atoms with Crippen LogP contribution in [0.5, 0.6) is 0 Å². The fourth-order valence-electron chi connectivity index (χ4n) is 1.01. The third-order valence-electron chi connectivity index (χ3n) is 1.61. The first-order chi connectivity index (χ1) is 6.68. The predicted molar refractivity (Wildman–Crippen MR) is 58.0 cm³/mol. The SMILES string of the molecule is CC(C)ON=C(N)Cc1ccccc1. The van der Waals surface area contributed by atoms with E-state index < -0.39 is 0 Å². The topological polar surface area (TPSA) is 47.6 Å². The Labute approximate surface area is 84.6 Å². The third-order valence-corrected chi connectivity index (χ3v) is 1.61. The van der Waals surface area contributed by atoms with E-state index in [-0.39, 0.29) is 6.10 Å². The minimum atomic E-state index is 0.0734. The molecule has 0 aliphatic heterocycles. The van der Waals surface area contributed by atoms with E-state index in [0.29, 0.717) is 12.3 Å². The van der Waals surface area contributed by atoms with Crippen molar-refractivity contribution in [1.82, 2.24) is 0 Å². The van der Waals surface area contributed by atoms with Crippen LogP contribution in [0.25, 0.3) is 0 Å². The van der Waals surface area contributed by atoms with Gasteiger partial charge in [0.05, 0.1) is 0 Å². The van der Waals surface area contributed by atoms with Crippen LogP contribution < -0.4 is 5.73 Å². The second-order valence-corrected chi connectivity index (χ2v) is 3.40. The lowest BCUT2D eigenvalue weighted by Crippen LogP contribution is -2.16. The van der Waals surface area contributed by atoms with Gasteiger partial charge in [-0.05, 0) is 19.4 Å². The van der Waals surface area contributed by atoms with Crippen LogP contribution in [0, 0.1) is 0 Å². The van der Waals surface area contributed by atoms with Gasteiger partial charge in [-0.3, -0.25) is 0 Å². The van der Waals surface area contributed by atoms with Gasteiger partial charge < -0.3 is 10.6 Å². The molecule has 1 aromatic carbocycles. The summed E-state index contributed by atoms with van der Waals surface area (Å²) in [5.74, 6) is 0.505. The maximum Gasteiger partial charge on any atom is 0.143 e. The van der Waals surface area contributed by atoms with Gasteiger partial charge in [-0.15, -0.1) is 0 Å². The molecule has 1 rings (SSSR count). The number of oxime groups is 1. The summed E-state index contributed by atoms with van der Waals surface area (Å²) >= 11 is 0. The minimum absolute atomic E-state index is 0.0734. The van der Waals surface area contributed by atoms with Crippen molar-refractivity contribution in [3.05, 3.63) is 35.9 Å². The van der Waals surface area contributed by atoms with Gasteiger partial charge in [0.2, 0.25) is 0 Å². The largest absolute Gasteiger partial charge is 0.392 e. The molecule has 0 unspecified atom stereocenters. The first-order valence-electron chi connectivity index (χ1n) is 4.70. The van der Waals surface area contributed by atoms with E-state index in [0.717, 1.165) is 5.56 Å². The van der Waals surface area contributed by atoms with Gasteiger partial charge in [0.1, 0.15) is 11.9 Å². The lowest BCUT2D eigenvalue weighted by Gasteiger charge is -2.04. The summed E-state index contributed by atoms with van der Waals surface area (Å²) in [5.41, 5.74) is 6.82. The fraction of sp³-hybridized carbons (Fsp3) is 0.364. The van der Waals surface area contributed by atoms with Crippen LogP contribution in [-0.2, 0) is 11.3 Å². The van der Waals surface area contributed by atoms with Crippen molar-refractivity contribution in [3.8, 4) is 0 Å². The molecule has 14 heavy (non-hydrogen) atoms. The first-order valence-corrected chi connectivity index (χ1v) is 4.70. The highest BCUT2D eigenvalue weighted by molar-refractivity contribution is 5.82. The molecule has 0 aliphatic rings. The van der Waals surface area contributed by atoms with Gasteiger partial charge >= 0.3 is 0 Å². The highest BCUT2D eigenvalue weighted by atomic mass is 16.6. The summed E-state index contributed by atoms with van der Waals surface area (Å²) < 4.78 is 0. The number of nitrogens with zero attached hydrogens (tertiary/aromatic N) is 1. The zero-order valence-electron chi connectivity index (χ0n) is 8.60. The molecular weight excluding hydrogens is 176 g/mol. The van der Waals surface area contributed by atoms with Crippen LogP contribution in [0.3, 0.4) is 0 Å². The average Bonchev–Trinajstić information content (AvgIpc) is 2.16. The van der Waals surface area contributed by atoms with Crippen LogP contribution in [0.1, 0.15) is 19.4 Å².